The zero-order chi connectivity index (χ0) is 18.6. The van der Waals surface area contributed by atoms with E-state index in [2.05, 4.69) is 6.07 Å². The van der Waals surface area contributed by atoms with E-state index in [1.165, 1.54) is 12.1 Å². The maximum absolute atomic E-state index is 12.3. The molecule has 1 radical (unpaired) electrons. The van der Waals surface area contributed by atoms with Gasteiger partial charge in [0.25, 0.3) is 6.73 Å². The van der Waals surface area contributed by atoms with Crippen molar-refractivity contribution < 1.29 is 54.6 Å². The quantitative estimate of drug-likeness (QED) is 0.324. The van der Waals surface area contributed by atoms with Gasteiger partial charge in [0.15, 0.2) is 12.4 Å². The Labute approximate surface area is 185 Å². The number of hydrogen-bond acceptors (Lipinski definition) is 4. The SMILES string of the molecule is Cc1cc[n+](COc2cc(C)cc(OS(=O)(=O)c3[c-]cccc3)c2)cc1.[Y]. The molecule has 0 spiro atoms. The molecule has 1 heterocycles. The van der Waals surface area contributed by atoms with Crippen molar-refractivity contribution in [1.29, 1.82) is 0 Å². The molecule has 5 nitrogen and oxygen atoms in total. The van der Waals surface area contributed by atoms with Gasteiger partial charge in [0.1, 0.15) is 11.5 Å². The van der Waals surface area contributed by atoms with Gasteiger partial charge in [-0.05, 0) is 42.0 Å². The van der Waals surface area contributed by atoms with E-state index in [0.717, 1.165) is 11.1 Å². The molecule has 0 atom stereocenters. The third-order valence-corrected chi connectivity index (χ3v) is 4.82. The van der Waals surface area contributed by atoms with Gasteiger partial charge in [0, 0.05) is 50.9 Å². The Bertz CT molecular complexity index is 990. The Morgan fingerprint density at radius 3 is 2.33 bits per heavy atom. The molecule has 137 valence electrons. The van der Waals surface area contributed by atoms with E-state index in [1.807, 2.05) is 49.0 Å². The second-order valence-electron chi connectivity index (χ2n) is 5.91. The minimum Gasteiger partial charge on any atom is -0.436 e. The van der Waals surface area contributed by atoms with Gasteiger partial charge in [-0.3, -0.25) is 0 Å². The van der Waals surface area contributed by atoms with Crippen LogP contribution in [0.1, 0.15) is 11.1 Å². The Morgan fingerprint density at radius 2 is 1.67 bits per heavy atom. The molecule has 1 aromatic heterocycles. The number of benzene rings is 2. The van der Waals surface area contributed by atoms with Crippen LogP contribution in [0.25, 0.3) is 0 Å². The van der Waals surface area contributed by atoms with Gasteiger partial charge in [-0.1, -0.05) is 0 Å². The summed E-state index contributed by atoms with van der Waals surface area (Å²) >= 11 is 0. The van der Waals surface area contributed by atoms with Gasteiger partial charge in [0.2, 0.25) is 0 Å². The summed E-state index contributed by atoms with van der Waals surface area (Å²) in [4.78, 5) is -0.0146. The van der Waals surface area contributed by atoms with E-state index >= 15 is 0 Å². The maximum atomic E-state index is 12.3. The zero-order valence-corrected chi connectivity index (χ0v) is 18.8. The van der Waals surface area contributed by atoms with E-state index in [4.69, 9.17) is 8.92 Å². The second-order valence-corrected chi connectivity index (χ2v) is 7.42. The van der Waals surface area contributed by atoms with Crippen molar-refractivity contribution in [3.05, 3.63) is 84.2 Å². The summed E-state index contributed by atoms with van der Waals surface area (Å²) < 4.78 is 37.5. The van der Waals surface area contributed by atoms with Crippen LogP contribution >= 0.6 is 0 Å². The molecule has 0 N–H and O–H groups in total. The van der Waals surface area contributed by atoms with Gasteiger partial charge in [0.05, 0.1) is 0 Å². The number of hydrogen-bond donors (Lipinski definition) is 0. The summed E-state index contributed by atoms with van der Waals surface area (Å²) in [6.07, 6.45) is 3.83. The summed E-state index contributed by atoms with van der Waals surface area (Å²) in [5.74, 6) is 0.728. The predicted molar refractivity (Wildman–Crippen MR) is 96.3 cm³/mol. The molecule has 7 heteroatoms. The smallest absolute Gasteiger partial charge is 0.315 e. The number of aromatic nitrogens is 1. The Morgan fingerprint density at radius 1 is 0.963 bits per heavy atom. The van der Waals surface area contributed by atoms with Crippen LogP contribution in [0.2, 0.25) is 0 Å². The van der Waals surface area contributed by atoms with Crippen molar-refractivity contribution in [2.45, 2.75) is 25.5 Å². The third-order valence-electron chi connectivity index (χ3n) is 3.62. The first-order valence-corrected chi connectivity index (χ1v) is 9.45. The van der Waals surface area contributed by atoms with E-state index < -0.39 is 10.1 Å². The monoisotopic (exact) mass is 458 g/mol. The van der Waals surface area contributed by atoms with Gasteiger partial charge < -0.3 is 8.92 Å². The average Bonchev–Trinajstić information content (AvgIpc) is 2.61. The summed E-state index contributed by atoms with van der Waals surface area (Å²) in [6.45, 7) is 4.17. The summed E-state index contributed by atoms with van der Waals surface area (Å²) in [5.41, 5.74) is 1.99. The zero-order valence-electron chi connectivity index (χ0n) is 15.1. The fourth-order valence-corrected chi connectivity index (χ4v) is 3.21. The summed E-state index contributed by atoms with van der Waals surface area (Å²) in [7, 11) is -3.94. The maximum Gasteiger partial charge on any atom is 0.315 e. The Balaban J connectivity index is 0.00000261. The largest absolute Gasteiger partial charge is 0.436 e. The predicted octanol–water partition coefficient (Wildman–Crippen LogP) is 3.19. The van der Waals surface area contributed by atoms with E-state index in [0.29, 0.717) is 12.5 Å². The molecule has 3 rings (SSSR count). The molecule has 0 bridgehead atoms. The standard InChI is InChI=1S/C20H19NO4S.Y/c1-16-8-10-21(11-9-16)15-24-18-12-17(2)13-19(14-18)25-26(22,23)20-6-4-3-5-7-20;/h3-6,8-14H,15H2,1-2H3;. The number of nitrogens with zero attached hydrogens (tertiary/aromatic N) is 1. The molecule has 0 saturated carbocycles. The molecule has 3 aromatic rings. The minimum absolute atomic E-state index is 0. The fourth-order valence-electron chi connectivity index (χ4n) is 2.32. The molecule has 2 aromatic carbocycles. The molecule has 0 aliphatic carbocycles. The van der Waals surface area contributed by atoms with Crippen molar-refractivity contribution in [3.8, 4) is 11.5 Å². The normalized spacial score (nSPS) is 10.7. The van der Waals surface area contributed by atoms with Crippen LogP contribution in [0.15, 0.2) is 71.9 Å². The van der Waals surface area contributed by atoms with Crippen molar-refractivity contribution in [1.82, 2.24) is 0 Å². The molecular weight excluding hydrogens is 439 g/mol. The first kappa shape index (κ1) is 21.5. The Hall–Kier alpha value is -1.76. The average molecular weight is 458 g/mol. The number of aryl methyl sites for hydroxylation is 2. The molecule has 0 aliphatic heterocycles. The van der Waals surface area contributed by atoms with Crippen molar-refractivity contribution >= 4 is 10.1 Å². The molecule has 0 fully saturated rings. The molecule has 0 saturated heterocycles. The van der Waals surface area contributed by atoms with Crippen molar-refractivity contribution in [2.24, 2.45) is 0 Å². The molecule has 0 unspecified atom stereocenters. The molecular formula is C20H19NO4SY. The molecule has 0 aliphatic rings. The Kier molecular flexibility index (Phi) is 7.53. The van der Waals surface area contributed by atoms with Crippen LogP contribution in [0.5, 0.6) is 11.5 Å². The summed E-state index contributed by atoms with van der Waals surface area (Å²) in [6, 6.07) is 17.9. The first-order valence-electron chi connectivity index (χ1n) is 8.04. The van der Waals surface area contributed by atoms with E-state index in [-0.39, 0.29) is 43.4 Å². The van der Waals surface area contributed by atoms with E-state index in [1.54, 1.807) is 24.3 Å². The fraction of sp³-hybridized carbons (Fsp3) is 0.150. The number of pyridine rings is 1. The van der Waals surface area contributed by atoms with Crippen LogP contribution in [-0.4, -0.2) is 8.42 Å². The van der Waals surface area contributed by atoms with Crippen LogP contribution in [0.4, 0.5) is 0 Å². The first-order chi connectivity index (χ1) is 12.4. The van der Waals surface area contributed by atoms with Crippen molar-refractivity contribution in [3.63, 3.8) is 0 Å². The van der Waals surface area contributed by atoms with Crippen LogP contribution < -0.4 is 13.5 Å². The topological polar surface area (TPSA) is 56.5 Å². The molecule has 0 amide bonds. The minimum atomic E-state index is -3.94. The van der Waals surface area contributed by atoms with Gasteiger partial charge in [-0.2, -0.15) is 37.3 Å². The van der Waals surface area contributed by atoms with Gasteiger partial charge in [-0.15, -0.1) is 6.07 Å². The van der Waals surface area contributed by atoms with E-state index in [9.17, 15) is 8.42 Å². The van der Waals surface area contributed by atoms with Crippen molar-refractivity contribution in [2.75, 3.05) is 0 Å². The number of ether oxygens (including phenoxy) is 1. The summed E-state index contributed by atoms with van der Waals surface area (Å²) in [5, 5.41) is 0. The third kappa shape index (κ3) is 6.13. The van der Waals surface area contributed by atoms with Crippen LogP contribution in [-0.2, 0) is 49.6 Å². The van der Waals surface area contributed by atoms with Gasteiger partial charge in [-0.25, -0.2) is 0 Å². The number of rotatable bonds is 6. The second kappa shape index (κ2) is 9.44. The van der Waals surface area contributed by atoms with Crippen LogP contribution in [0, 0.1) is 19.9 Å². The van der Waals surface area contributed by atoms with Crippen LogP contribution in [0.3, 0.4) is 0 Å². The van der Waals surface area contributed by atoms with Gasteiger partial charge >= 0.3 is 10.1 Å². The molecule has 27 heavy (non-hydrogen) atoms.